The number of fused-ring (bicyclic) bond motifs is 8. The van der Waals surface area contributed by atoms with Crippen molar-refractivity contribution in [2.45, 2.75) is 19.8 Å². The normalized spacial score (nSPS) is 17.3. The lowest BCUT2D eigenvalue weighted by Gasteiger charge is -2.11. The molecule has 0 fully saturated rings. The summed E-state index contributed by atoms with van der Waals surface area (Å²) in [6.45, 7) is 5.01. The molecule has 0 spiro atoms. The molecule has 1 aliphatic rings. The van der Waals surface area contributed by atoms with E-state index >= 15 is 0 Å². The lowest BCUT2D eigenvalue weighted by molar-refractivity contribution is 0.340. The van der Waals surface area contributed by atoms with Gasteiger partial charge in [0.15, 0.2) is 12.0 Å². The van der Waals surface area contributed by atoms with Crippen molar-refractivity contribution < 1.29 is 9.15 Å². The van der Waals surface area contributed by atoms with Gasteiger partial charge in [0, 0.05) is 22.3 Å². The Morgan fingerprint density at radius 2 is 1.95 bits per heavy atom. The van der Waals surface area contributed by atoms with Gasteiger partial charge in [-0.15, -0.1) is 0 Å². The minimum atomic E-state index is 0.336. The summed E-state index contributed by atoms with van der Waals surface area (Å²) in [6.07, 6.45) is 1.55. The molecule has 4 aromatic rings. The SMILES string of the molecule is Cc1cccc2c1ccc1c3c(c4ocnc4c12)C(C)CO3. The lowest BCUT2D eigenvalue weighted by Crippen LogP contribution is -1.93. The molecular formula is C19H15NO2. The fourth-order valence-corrected chi connectivity index (χ4v) is 3.72. The zero-order chi connectivity index (χ0) is 14.8. The largest absolute Gasteiger partial charge is 0.492 e. The number of hydrogen-bond donors (Lipinski definition) is 0. The van der Waals surface area contributed by atoms with Crippen LogP contribution in [0.1, 0.15) is 24.0 Å². The molecular weight excluding hydrogens is 274 g/mol. The predicted octanol–water partition coefficient (Wildman–Crippen LogP) is 4.94. The van der Waals surface area contributed by atoms with E-state index < -0.39 is 0 Å². The Morgan fingerprint density at radius 1 is 1.09 bits per heavy atom. The van der Waals surface area contributed by atoms with Crippen LogP contribution in [-0.2, 0) is 0 Å². The van der Waals surface area contributed by atoms with Crippen LogP contribution in [0.4, 0.5) is 0 Å². The maximum absolute atomic E-state index is 5.99. The smallest absolute Gasteiger partial charge is 0.182 e. The Morgan fingerprint density at radius 3 is 2.86 bits per heavy atom. The summed E-state index contributed by atoms with van der Waals surface area (Å²) in [5.41, 5.74) is 4.25. The second-order valence-corrected chi connectivity index (χ2v) is 6.14. The number of aromatic nitrogens is 1. The topological polar surface area (TPSA) is 35.3 Å². The average molecular weight is 289 g/mol. The molecule has 0 N–H and O–H groups in total. The number of benzene rings is 3. The highest BCUT2D eigenvalue weighted by Crippen LogP contribution is 2.47. The summed E-state index contributed by atoms with van der Waals surface area (Å²) < 4.78 is 11.7. The number of rotatable bonds is 0. The zero-order valence-electron chi connectivity index (χ0n) is 12.5. The van der Waals surface area contributed by atoms with Gasteiger partial charge in [-0.1, -0.05) is 31.2 Å². The molecule has 3 aromatic carbocycles. The molecule has 0 saturated carbocycles. The van der Waals surface area contributed by atoms with Gasteiger partial charge >= 0.3 is 0 Å². The van der Waals surface area contributed by atoms with Gasteiger partial charge < -0.3 is 9.15 Å². The molecule has 3 heteroatoms. The molecule has 1 atom stereocenters. The minimum absolute atomic E-state index is 0.336. The Hall–Kier alpha value is -2.55. The maximum atomic E-state index is 5.99. The van der Waals surface area contributed by atoms with Crippen LogP contribution in [0.3, 0.4) is 0 Å². The molecule has 1 unspecified atom stereocenters. The van der Waals surface area contributed by atoms with Crippen molar-refractivity contribution in [1.29, 1.82) is 0 Å². The summed E-state index contributed by atoms with van der Waals surface area (Å²) in [6, 6.07) is 10.7. The quantitative estimate of drug-likeness (QED) is 0.430. The van der Waals surface area contributed by atoms with Gasteiger partial charge in [0.2, 0.25) is 0 Å². The average Bonchev–Trinajstić information content (AvgIpc) is 3.13. The summed E-state index contributed by atoms with van der Waals surface area (Å²) in [4.78, 5) is 4.52. The molecule has 0 saturated heterocycles. The van der Waals surface area contributed by atoms with E-state index in [0.29, 0.717) is 12.5 Å². The van der Waals surface area contributed by atoms with Crippen LogP contribution in [0.5, 0.6) is 5.75 Å². The van der Waals surface area contributed by atoms with Crippen LogP contribution in [0.2, 0.25) is 0 Å². The van der Waals surface area contributed by atoms with E-state index in [4.69, 9.17) is 9.15 Å². The Balaban J connectivity index is 2.12. The standard InChI is InChI=1S/C19H15NO2/c1-10-4-3-5-13-12(10)6-7-14-16(13)17-19(22-9-20-17)15-11(2)8-21-18(14)15/h3-7,9,11H,8H2,1-2H3. The lowest BCUT2D eigenvalue weighted by atomic mass is 9.93. The van der Waals surface area contributed by atoms with E-state index in [1.165, 1.54) is 16.3 Å². The Labute approximate surface area is 127 Å². The van der Waals surface area contributed by atoms with E-state index in [0.717, 1.165) is 33.2 Å². The van der Waals surface area contributed by atoms with Gasteiger partial charge in [0.25, 0.3) is 0 Å². The van der Waals surface area contributed by atoms with E-state index in [1.54, 1.807) is 6.39 Å². The predicted molar refractivity (Wildman–Crippen MR) is 87.7 cm³/mol. The molecule has 22 heavy (non-hydrogen) atoms. The third-order valence-electron chi connectivity index (χ3n) is 4.79. The van der Waals surface area contributed by atoms with E-state index in [-0.39, 0.29) is 0 Å². The summed E-state index contributed by atoms with van der Waals surface area (Å²) in [7, 11) is 0. The van der Waals surface area contributed by atoms with Crippen molar-refractivity contribution >= 4 is 32.6 Å². The third kappa shape index (κ3) is 1.34. The van der Waals surface area contributed by atoms with Gasteiger partial charge in [-0.25, -0.2) is 4.98 Å². The number of oxazole rings is 1. The number of hydrogen-bond acceptors (Lipinski definition) is 3. The van der Waals surface area contributed by atoms with Crippen molar-refractivity contribution in [3.63, 3.8) is 0 Å². The second kappa shape index (κ2) is 4.01. The van der Waals surface area contributed by atoms with Crippen molar-refractivity contribution in [3.8, 4) is 5.75 Å². The molecule has 1 aromatic heterocycles. The van der Waals surface area contributed by atoms with Crippen molar-refractivity contribution in [1.82, 2.24) is 4.98 Å². The van der Waals surface area contributed by atoms with Crippen LogP contribution < -0.4 is 4.74 Å². The van der Waals surface area contributed by atoms with E-state index in [9.17, 15) is 0 Å². The first-order valence-corrected chi connectivity index (χ1v) is 7.59. The monoisotopic (exact) mass is 289 g/mol. The van der Waals surface area contributed by atoms with Gasteiger partial charge in [0.1, 0.15) is 11.3 Å². The molecule has 0 radical (unpaired) electrons. The first kappa shape index (κ1) is 12.0. The highest BCUT2D eigenvalue weighted by molar-refractivity contribution is 6.21. The van der Waals surface area contributed by atoms with Crippen molar-refractivity contribution in [3.05, 3.63) is 47.9 Å². The van der Waals surface area contributed by atoms with Crippen molar-refractivity contribution in [2.24, 2.45) is 0 Å². The van der Waals surface area contributed by atoms with Gasteiger partial charge in [-0.3, -0.25) is 0 Å². The van der Waals surface area contributed by atoms with Gasteiger partial charge in [-0.05, 0) is 29.3 Å². The highest BCUT2D eigenvalue weighted by Gasteiger charge is 2.29. The van der Waals surface area contributed by atoms with Crippen LogP contribution >= 0.6 is 0 Å². The molecule has 5 rings (SSSR count). The van der Waals surface area contributed by atoms with Gasteiger partial charge in [0.05, 0.1) is 6.61 Å². The zero-order valence-corrected chi connectivity index (χ0v) is 12.5. The van der Waals surface area contributed by atoms with Crippen molar-refractivity contribution in [2.75, 3.05) is 6.61 Å². The summed E-state index contributed by atoms with van der Waals surface area (Å²) >= 11 is 0. The first-order valence-electron chi connectivity index (χ1n) is 7.59. The molecule has 3 nitrogen and oxygen atoms in total. The molecule has 0 aliphatic carbocycles. The Bertz CT molecular complexity index is 1060. The minimum Gasteiger partial charge on any atom is -0.492 e. The van der Waals surface area contributed by atoms with Crippen LogP contribution in [0.15, 0.2) is 41.1 Å². The Kier molecular flexibility index (Phi) is 2.19. The first-order chi connectivity index (χ1) is 10.8. The molecule has 2 heterocycles. The molecule has 0 amide bonds. The molecule has 1 aliphatic heterocycles. The summed E-state index contributed by atoms with van der Waals surface area (Å²) in [5.74, 6) is 1.30. The van der Waals surface area contributed by atoms with Crippen LogP contribution in [0, 0.1) is 6.92 Å². The highest BCUT2D eigenvalue weighted by atomic mass is 16.5. The number of ether oxygens (including phenoxy) is 1. The van der Waals surface area contributed by atoms with E-state index in [2.05, 4.69) is 49.2 Å². The number of nitrogens with zero attached hydrogens (tertiary/aromatic N) is 1. The molecule has 108 valence electrons. The fraction of sp³-hybridized carbons (Fsp3) is 0.211. The summed E-state index contributed by atoms with van der Waals surface area (Å²) in [5, 5.41) is 4.74. The fourth-order valence-electron chi connectivity index (χ4n) is 3.72. The third-order valence-corrected chi connectivity index (χ3v) is 4.79. The van der Waals surface area contributed by atoms with Crippen LogP contribution in [-0.4, -0.2) is 11.6 Å². The van der Waals surface area contributed by atoms with Crippen LogP contribution in [0.25, 0.3) is 32.6 Å². The number of aryl methyl sites for hydroxylation is 1. The van der Waals surface area contributed by atoms with E-state index in [1.807, 2.05) is 0 Å². The molecule has 0 bridgehead atoms. The maximum Gasteiger partial charge on any atom is 0.182 e. The van der Waals surface area contributed by atoms with Gasteiger partial charge in [-0.2, -0.15) is 0 Å². The second-order valence-electron chi connectivity index (χ2n) is 6.14.